The minimum atomic E-state index is -1.91. The molecule has 1 atom stereocenters. The molecule has 0 amide bonds. The molecule has 0 aromatic heterocycles. The van der Waals surface area contributed by atoms with Gasteiger partial charge in [-0.25, -0.2) is 9.18 Å². The number of rotatable bonds is 4. The molecular weight excluding hydrogens is 215 g/mol. The molecule has 4 nitrogen and oxygen atoms in total. The number of halogens is 1. The Morgan fingerprint density at radius 2 is 2.06 bits per heavy atom. The Bertz CT molecular complexity index is 428. The van der Waals surface area contributed by atoms with Gasteiger partial charge in [-0.3, -0.25) is 4.79 Å². The largest absolute Gasteiger partial charge is 0.479 e. The summed E-state index contributed by atoms with van der Waals surface area (Å²) in [4.78, 5) is 21.7. The zero-order chi connectivity index (χ0) is 12.3. The van der Waals surface area contributed by atoms with Gasteiger partial charge in [0.1, 0.15) is 5.82 Å². The van der Waals surface area contributed by atoms with E-state index in [0.29, 0.717) is 0 Å². The van der Waals surface area contributed by atoms with Crippen LogP contribution in [0.15, 0.2) is 18.2 Å². The lowest BCUT2D eigenvalue weighted by Crippen LogP contribution is -2.12. The van der Waals surface area contributed by atoms with Crippen LogP contribution in [-0.4, -0.2) is 22.0 Å². The SMILES string of the molecule is CCC(=O)c1ccc(C(O)C(=O)O)c(F)c1. The van der Waals surface area contributed by atoms with Gasteiger partial charge >= 0.3 is 5.97 Å². The molecule has 1 rings (SSSR count). The quantitative estimate of drug-likeness (QED) is 0.763. The first-order valence-electron chi connectivity index (χ1n) is 4.71. The number of aliphatic hydroxyl groups excluding tert-OH is 1. The Kier molecular flexibility index (Phi) is 3.73. The van der Waals surface area contributed by atoms with Gasteiger partial charge in [-0.1, -0.05) is 19.1 Å². The molecule has 0 aliphatic carbocycles. The van der Waals surface area contributed by atoms with Crippen molar-refractivity contribution in [1.29, 1.82) is 0 Å². The van der Waals surface area contributed by atoms with Crippen molar-refractivity contribution in [1.82, 2.24) is 0 Å². The van der Waals surface area contributed by atoms with E-state index < -0.39 is 17.9 Å². The molecule has 0 aliphatic heterocycles. The lowest BCUT2D eigenvalue weighted by molar-refractivity contribution is -0.147. The molecule has 86 valence electrons. The summed E-state index contributed by atoms with van der Waals surface area (Å²) >= 11 is 0. The lowest BCUT2D eigenvalue weighted by atomic mass is 10.0. The molecule has 1 aromatic rings. The van der Waals surface area contributed by atoms with Crippen LogP contribution in [0.5, 0.6) is 0 Å². The van der Waals surface area contributed by atoms with Crippen LogP contribution in [-0.2, 0) is 4.79 Å². The number of carboxylic acids is 1. The van der Waals surface area contributed by atoms with Gasteiger partial charge in [-0.15, -0.1) is 0 Å². The third-order valence-electron chi connectivity index (χ3n) is 2.17. The highest BCUT2D eigenvalue weighted by atomic mass is 19.1. The van der Waals surface area contributed by atoms with Crippen molar-refractivity contribution in [3.05, 3.63) is 35.1 Å². The molecule has 1 unspecified atom stereocenters. The third-order valence-corrected chi connectivity index (χ3v) is 2.17. The average Bonchev–Trinajstić information content (AvgIpc) is 2.26. The van der Waals surface area contributed by atoms with E-state index in [0.717, 1.165) is 12.1 Å². The van der Waals surface area contributed by atoms with Crippen LogP contribution in [0, 0.1) is 5.82 Å². The first-order chi connectivity index (χ1) is 7.47. The highest BCUT2D eigenvalue weighted by molar-refractivity contribution is 5.96. The standard InChI is InChI=1S/C11H11FO4/c1-2-9(13)6-3-4-7(8(12)5-6)10(14)11(15)16/h3-5,10,14H,2H2,1H3,(H,15,16). The van der Waals surface area contributed by atoms with Crippen molar-refractivity contribution < 1.29 is 24.2 Å². The van der Waals surface area contributed by atoms with Crippen LogP contribution >= 0.6 is 0 Å². The van der Waals surface area contributed by atoms with E-state index in [1.807, 2.05) is 0 Å². The number of aliphatic hydroxyl groups is 1. The molecule has 0 bridgehead atoms. The molecule has 2 N–H and O–H groups in total. The number of aliphatic carboxylic acids is 1. The Balaban J connectivity index is 3.09. The summed E-state index contributed by atoms with van der Waals surface area (Å²) in [5.74, 6) is -2.67. The van der Waals surface area contributed by atoms with E-state index in [1.165, 1.54) is 6.07 Å². The molecule has 1 aromatic carbocycles. The highest BCUT2D eigenvalue weighted by Gasteiger charge is 2.20. The zero-order valence-corrected chi connectivity index (χ0v) is 8.61. The van der Waals surface area contributed by atoms with Crippen molar-refractivity contribution in [3.63, 3.8) is 0 Å². The van der Waals surface area contributed by atoms with Crippen molar-refractivity contribution in [2.45, 2.75) is 19.4 Å². The van der Waals surface area contributed by atoms with Gasteiger partial charge in [0.25, 0.3) is 0 Å². The van der Waals surface area contributed by atoms with Crippen LogP contribution < -0.4 is 0 Å². The Hall–Kier alpha value is -1.75. The maximum atomic E-state index is 13.4. The Morgan fingerprint density at radius 3 is 2.50 bits per heavy atom. The van der Waals surface area contributed by atoms with E-state index in [2.05, 4.69) is 0 Å². The van der Waals surface area contributed by atoms with Crippen molar-refractivity contribution >= 4 is 11.8 Å². The summed E-state index contributed by atoms with van der Waals surface area (Å²) in [6.07, 6.45) is -1.67. The molecule has 0 aliphatic rings. The van der Waals surface area contributed by atoms with E-state index in [9.17, 15) is 14.0 Å². The van der Waals surface area contributed by atoms with Gasteiger partial charge in [0.15, 0.2) is 11.9 Å². The second kappa shape index (κ2) is 4.85. The maximum absolute atomic E-state index is 13.4. The summed E-state index contributed by atoms with van der Waals surface area (Å²) in [6, 6.07) is 3.35. The summed E-state index contributed by atoms with van der Waals surface area (Å²) in [6.45, 7) is 1.64. The number of hydrogen-bond donors (Lipinski definition) is 2. The fourth-order valence-electron chi connectivity index (χ4n) is 1.26. The molecular formula is C11H11FO4. The second-order valence-electron chi connectivity index (χ2n) is 3.25. The molecule has 16 heavy (non-hydrogen) atoms. The fourth-order valence-corrected chi connectivity index (χ4v) is 1.26. The van der Waals surface area contributed by atoms with Crippen molar-refractivity contribution in [2.24, 2.45) is 0 Å². The number of Topliss-reactive ketones (excluding diaryl/α,β-unsaturated/α-hetero) is 1. The van der Waals surface area contributed by atoms with Crippen LogP contribution in [0.3, 0.4) is 0 Å². The van der Waals surface area contributed by atoms with Crippen LogP contribution in [0.2, 0.25) is 0 Å². The van der Waals surface area contributed by atoms with Gasteiger partial charge < -0.3 is 10.2 Å². The normalized spacial score (nSPS) is 12.2. The van der Waals surface area contributed by atoms with Crippen LogP contribution in [0.25, 0.3) is 0 Å². The predicted octanol–water partition coefficient (Wildman–Crippen LogP) is 1.54. The summed E-state index contributed by atoms with van der Waals surface area (Å²) in [5.41, 5.74) is -0.179. The molecule has 0 heterocycles. The molecule has 0 fully saturated rings. The van der Waals surface area contributed by atoms with E-state index in [4.69, 9.17) is 10.2 Å². The summed E-state index contributed by atoms with van der Waals surface area (Å²) in [5, 5.41) is 17.6. The first kappa shape index (κ1) is 12.3. The predicted molar refractivity (Wildman–Crippen MR) is 53.6 cm³/mol. The van der Waals surface area contributed by atoms with Crippen molar-refractivity contribution in [3.8, 4) is 0 Å². The number of ketones is 1. The molecule has 0 radical (unpaired) electrons. The average molecular weight is 226 g/mol. The number of benzene rings is 1. The number of carbonyl (C=O) groups is 2. The molecule has 0 saturated heterocycles. The van der Waals surface area contributed by atoms with Gasteiger partial charge in [0.05, 0.1) is 0 Å². The van der Waals surface area contributed by atoms with Crippen LogP contribution in [0.1, 0.15) is 35.4 Å². The molecule has 5 heteroatoms. The van der Waals surface area contributed by atoms with Gasteiger partial charge in [-0.05, 0) is 6.07 Å². The highest BCUT2D eigenvalue weighted by Crippen LogP contribution is 2.19. The van der Waals surface area contributed by atoms with Gasteiger partial charge in [-0.2, -0.15) is 0 Å². The van der Waals surface area contributed by atoms with Crippen LogP contribution in [0.4, 0.5) is 4.39 Å². The lowest BCUT2D eigenvalue weighted by Gasteiger charge is -2.08. The fraction of sp³-hybridized carbons (Fsp3) is 0.273. The second-order valence-corrected chi connectivity index (χ2v) is 3.25. The van der Waals surface area contributed by atoms with E-state index >= 15 is 0 Å². The van der Waals surface area contributed by atoms with E-state index in [1.54, 1.807) is 6.92 Å². The first-order valence-corrected chi connectivity index (χ1v) is 4.71. The molecule has 0 spiro atoms. The topological polar surface area (TPSA) is 74.6 Å². The van der Waals surface area contributed by atoms with Crippen molar-refractivity contribution in [2.75, 3.05) is 0 Å². The number of hydrogen-bond acceptors (Lipinski definition) is 3. The monoisotopic (exact) mass is 226 g/mol. The smallest absolute Gasteiger partial charge is 0.337 e. The summed E-state index contributed by atoms with van der Waals surface area (Å²) < 4.78 is 13.4. The number of carbonyl (C=O) groups excluding carboxylic acids is 1. The molecule has 0 saturated carbocycles. The Labute approximate surface area is 91.3 Å². The zero-order valence-electron chi connectivity index (χ0n) is 8.61. The minimum Gasteiger partial charge on any atom is -0.479 e. The third kappa shape index (κ3) is 2.43. The minimum absolute atomic E-state index is 0.168. The Morgan fingerprint density at radius 1 is 1.44 bits per heavy atom. The van der Waals surface area contributed by atoms with Gasteiger partial charge in [0, 0.05) is 17.5 Å². The van der Waals surface area contributed by atoms with Gasteiger partial charge in [0.2, 0.25) is 0 Å². The maximum Gasteiger partial charge on any atom is 0.337 e. The number of carboxylic acid groups (broad SMARTS) is 1. The summed E-state index contributed by atoms with van der Waals surface area (Å²) in [7, 11) is 0. The van der Waals surface area contributed by atoms with E-state index in [-0.39, 0.29) is 23.3 Å².